The molecule has 1 N–H and O–H groups in total. The summed E-state index contributed by atoms with van der Waals surface area (Å²) in [5, 5.41) is 2.59. The monoisotopic (exact) mass is 448 g/mol. The minimum atomic E-state index is -4.80. The molecular weight excluding hydrogens is 425 g/mol. The highest BCUT2D eigenvalue weighted by Crippen LogP contribution is 2.33. The zero-order valence-electron chi connectivity index (χ0n) is 17.3. The third kappa shape index (κ3) is 5.93. The Kier molecular flexibility index (Phi) is 6.25. The topological polar surface area (TPSA) is 67.9 Å². The maximum absolute atomic E-state index is 12.4. The largest absolute Gasteiger partial charge is 0.573 e. The predicted octanol–water partition coefficient (Wildman–Crippen LogP) is 4.29. The van der Waals surface area contributed by atoms with Crippen molar-refractivity contribution in [2.24, 2.45) is 5.92 Å². The zero-order chi connectivity index (χ0) is 22.7. The van der Waals surface area contributed by atoms with Crippen molar-refractivity contribution >= 4 is 17.5 Å². The summed E-state index contributed by atoms with van der Waals surface area (Å²) < 4.78 is 46.7. The first kappa shape index (κ1) is 22.0. The van der Waals surface area contributed by atoms with Crippen LogP contribution in [0.3, 0.4) is 0 Å². The molecule has 2 aromatic rings. The molecule has 0 spiro atoms. The van der Waals surface area contributed by atoms with Gasteiger partial charge in [-0.1, -0.05) is 18.2 Å². The van der Waals surface area contributed by atoms with Crippen LogP contribution in [-0.2, 0) is 22.6 Å². The Bertz CT molecular complexity index is 1000. The fourth-order valence-electron chi connectivity index (χ4n) is 3.63. The van der Waals surface area contributed by atoms with E-state index in [0.717, 1.165) is 41.9 Å². The second kappa shape index (κ2) is 9.10. The molecule has 170 valence electrons. The summed E-state index contributed by atoms with van der Waals surface area (Å²) in [5.74, 6) is 0.328. The number of anilines is 1. The van der Waals surface area contributed by atoms with Gasteiger partial charge in [-0.15, -0.1) is 13.2 Å². The molecule has 0 atom stereocenters. The number of carbonyl (C=O) groups is 2. The number of nitrogens with one attached hydrogen (secondary N) is 1. The van der Waals surface area contributed by atoms with Crippen molar-refractivity contribution < 1.29 is 32.2 Å². The van der Waals surface area contributed by atoms with Crippen LogP contribution < -0.4 is 14.8 Å². The summed E-state index contributed by atoms with van der Waals surface area (Å²) in [6.07, 6.45) is -2.31. The normalized spacial score (nSPS) is 15.9. The van der Waals surface area contributed by atoms with E-state index in [1.807, 2.05) is 23.1 Å². The van der Waals surface area contributed by atoms with Crippen LogP contribution in [0.5, 0.6) is 11.5 Å². The number of aryl methyl sites for hydroxylation is 1. The molecule has 6 nitrogen and oxygen atoms in total. The van der Waals surface area contributed by atoms with Gasteiger partial charge in [-0.05, 0) is 43.0 Å². The average molecular weight is 448 g/mol. The van der Waals surface area contributed by atoms with Crippen molar-refractivity contribution in [3.8, 4) is 11.5 Å². The molecule has 32 heavy (non-hydrogen) atoms. The molecule has 2 amide bonds. The van der Waals surface area contributed by atoms with Crippen molar-refractivity contribution in [3.05, 3.63) is 53.6 Å². The predicted molar refractivity (Wildman–Crippen MR) is 110 cm³/mol. The zero-order valence-corrected chi connectivity index (χ0v) is 17.3. The second-order valence-electron chi connectivity index (χ2n) is 7.95. The molecule has 1 heterocycles. The number of carbonyl (C=O) groups excluding carboxylic acids is 2. The van der Waals surface area contributed by atoms with Gasteiger partial charge in [0, 0.05) is 36.2 Å². The SMILES string of the molecule is O=C(CCc1ccc2c(c1)CN(C(=O)C1CC1)CCO2)Nc1cccc(OC(F)(F)F)c1. The van der Waals surface area contributed by atoms with E-state index in [1.54, 1.807) is 0 Å². The molecule has 4 rings (SSSR count). The van der Waals surface area contributed by atoms with Crippen molar-refractivity contribution in [2.45, 2.75) is 38.6 Å². The number of hydrogen-bond donors (Lipinski definition) is 1. The summed E-state index contributed by atoms with van der Waals surface area (Å²) in [6, 6.07) is 10.8. The molecule has 1 aliphatic heterocycles. The molecule has 2 aromatic carbocycles. The lowest BCUT2D eigenvalue weighted by molar-refractivity contribution is -0.274. The van der Waals surface area contributed by atoms with Gasteiger partial charge in [0.2, 0.25) is 11.8 Å². The van der Waals surface area contributed by atoms with Crippen LogP contribution in [0.15, 0.2) is 42.5 Å². The Morgan fingerprint density at radius 2 is 1.97 bits per heavy atom. The number of rotatable bonds is 6. The Hall–Kier alpha value is -3.23. The van der Waals surface area contributed by atoms with Crippen LogP contribution in [0.4, 0.5) is 18.9 Å². The van der Waals surface area contributed by atoms with Crippen molar-refractivity contribution in [3.63, 3.8) is 0 Å². The van der Waals surface area contributed by atoms with Gasteiger partial charge < -0.3 is 19.7 Å². The number of halogens is 3. The van der Waals surface area contributed by atoms with Crippen LogP contribution in [0.2, 0.25) is 0 Å². The van der Waals surface area contributed by atoms with Crippen molar-refractivity contribution in [1.82, 2.24) is 4.90 Å². The molecule has 9 heteroatoms. The lowest BCUT2D eigenvalue weighted by Gasteiger charge is -2.19. The first-order valence-electron chi connectivity index (χ1n) is 10.5. The number of alkyl halides is 3. The van der Waals surface area contributed by atoms with E-state index < -0.39 is 12.1 Å². The summed E-state index contributed by atoms with van der Waals surface area (Å²) in [6.45, 7) is 1.49. The number of hydrogen-bond acceptors (Lipinski definition) is 4. The number of ether oxygens (including phenoxy) is 2. The maximum atomic E-state index is 12.4. The summed E-state index contributed by atoms with van der Waals surface area (Å²) in [5.41, 5.74) is 2.05. The van der Waals surface area contributed by atoms with Crippen LogP contribution >= 0.6 is 0 Å². The van der Waals surface area contributed by atoms with Gasteiger partial charge in [-0.3, -0.25) is 9.59 Å². The standard InChI is InChI=1S/C23H23F3N2O4/c24-23(25,26)32-19-3-1-2-18(13-19)27-21(29)9-5-15-4-8-20-17(12-15)14-28(10-11-31-20)22(30)16-6-7-16/h1-4,8,12-13,16H,5-7,9-11,14H2,(H,27,29). The summed E-state index contributed by atoms with van der Waals surface area (Å²) >= 11 is 0. The highest BCUT2D eigenvalue weighted by Gasteiger charge is 2.34. The smallest absolute Gasteiger partial charge is 0.491 e. The first-order valence-corrected chi connectivity index (χ1v) is 10.5. The maximum Gasteiger partial charge on any atom is 0.573 e. The van der Waals surface area contributed by atoms with E-state index in [1.165, 1.54) is 12.1 Å². The van der Waals surface area contributed by atoms with Gasteiger partial charge in [-0.25, -0.2) is 0 Å². The molecular formula is C23H23F3N2O4. The fraction of sp³-hybridized carbons (Fsp3) is 0.391. The quantitative estimate of drug-likeness (QED) is 0.716. The summed E-state index contributed by atoms with van der Waals surface area (Å²) in [7, 11) is 0. The van der Waals surface area contributed by atoms with Crippen molar-refractivity contribution in [1.29, 1.82) is 0 Å². The molecule has 1 aliphatic carbocycles. The number of fused-ring (bicyclic) bond motifs is 1. The van der Waals surface area contributed by atoms with E-state index in [4.69, 9.17) is 4.74 Å². The minimum Gasteiger partial charge on any atom is -0.491 e. The van der Waals surface area contributed by atoms with Gasteiger partial charge in [-0.2, -0.15) is 0 Å². The van der Waals surface area contributed by atoms with E-state index in [0.29, 0.717) is 26.1 Å². The molecule has 0 unspecified atom stereocenters. The Balaban J connectivity index is 1.34. The third-order valence-electron chi connectivity index (χ3n) is 5.34. The van der Waals surface area contributed by atoms with E-state index in [2.05, 4.69) is 10.1 Å². The van der Waals surface area contributed by atoms with Gasteiger partial charge in [0.1, 0.15) is 18.1 Å². The number of benzene rings is 2. The Morgan fingerprint density at radius 3 is 2.72 bits per heavy atom. The van der Waals surface area contributed by atoms with Gasteiger partial charge in [0.05, 0.1) is 6.54 Å². The van der Waals surface area contributed by atoms with E-state index >= 15 is 0 Å². The molecule has 0 radical (unpaired) electrons. The molecule has 0 bridgehead atoms. The molecule has 1 fully saturated rings. The molecule has 2 aliphatic rings. The van der Waals surface area contributed by atoms with Gasteiger partial charge in [0.15, 0.2) is 0 Å². The first-order chi connectivity index (χ1) is 15.3. The fourth-order valence-corrected chi connectivity index (χ4v) is 3.63. The molecule has 0 aromatic heterocycles. The summed E-state index contributed by atoms with van der Waals surface area (Å²) in [4.78, 5) is 26.6. The molecule has 1 saturated carbocycles. The average Bonchev–Trinajstić information content (AvgIpc) is 3.57. The van der Waals surface area contributed by atoms with Crippen LogP contribution in [0.1, 0.15) is 30.4 Å². The third-order valence-corrected chi connectivity index (χ3v) is 5.34. The van der Waals surface area contributed by atoms with E-state index in [9.17, 15) is 22.8 Å². The highest BCUT2D eigenvalue weighted by atomic mass is 19.4. The lowest BCUT2D eigenvalue weighted by atomic mass is 10.0. The number of nitrogens with zero attached hydrogens (tertiary/aromatic N) is 1. The van der Waals surface area contributed by atoms with Gasteiger partial charge in [0.25, 0.3) is 0 Å². The van der Waals surface area contributed by atoms with Crippen molar-refractivity contribution in [2.75, 3.05) is 18.5 Å². The molecule has 0 saturated heterocycles. The number of amides is 2. The minimum absolute atomic E-state index is 0.142. The van der Waals surface area contributed by atoms with Gasteiger partial charge >= 0.3 is 6.36 Å². The Morgan fingerprint density at radius 1 is 1.16 bits per heavy atom. The van der Waals surface area contributed by atoms with Crippen LogP contribution in [0.25, 0.3) is 0 Å². The Labute approximate surface area is 183 Å². The second-order valence-corrected chi connectivity index (χ2v) is 7.95. The van der Waals surface area contributed by atoms with Crippen LogP contribution in [-0.4, -0.2) is 36.2 Å². The highest BCUT2D eigenvalue weighted by molar-refractivity contribution is 5.91. The lowest BCUT2D eigenvalue weighted by Crippen LogP contribution is -2.33. The van der Waals surface area contributed by atoms with Crippen LogP contribution in [0, 0.1) is 5.92 Å². The van der Waals surface area contributed by atoms with E-state index in [-0.39, 0.29) is 29.8 Å².